The Morgan fingerprint density at radius 3 is 2.54 bits per heavy atom. The SMILES string of the molecule is CC(C)(C)CC(=O)NC1=Nc2ccccc2C2CC2(c2ccccc2)C1. The number of hydrogen-bond donors (Lipinski definition) is 1. The fourth-order valence-corrected chi connectivity index (χ4v) is 4.23. The Labute approximate surface area is 155 Å². The average Bonchev–Trinajstić information content (AvgIpc) is 3.30. The molecule has 1 heterocycles. The molecular weight excluding hydrogens is 320 g/mol. The summed E-state index contributed by atoms with van der Waals surface area (Å²) in [5.74, 6) is 1.33. The number of benzene rings is 2. The Balaban J connectivity index is 1.69. The molecule has 1 fully saturated rings. The zero-order valence-electron chi connectivity index (χ0n) is 15.8. The van der Waals surface area contributed by atoms with Crippen molar-refractivity contribution < 1.29 is 4.79 Å². The van der Waals surface area contributed by atoms with Crippen molar-refractivity contribution in [2.24, 2.45) is 10.4 Å². The van der Waals surface area contributed by atoms with E-state index in [2.05, 4.69) is 74.6 Å². The molecule has 1 aliphatic heterocycles. The van der Waals surface area contributed by atoms with Gasteiger partial charge < -0.3 is 5.32 Å². The molecule has 0 bridgehead atoms. The third kappa shape index (κ3) is 3.18. The van der Waals surface area contributed by atoms with Crippen LogP contribution in [0.2, 0.25) is 0 Å². The van der Waals surface area contributed by atoms with Gasteiger partial charge in [0.2, 0.25) is 5.91 Å². The van der Waals surface area contributed by atoms with Gasteiger partial charge in [-0.2, -0.15) is 0 Å². The Kier molecular flexibility index (Phi) is 3.98. The molecule has 2 atom stereocenters. The van der Waals surface area contributed by atoms with E-state index in [4.69, 9.17) is 4.99 Å². The number of fused-ring (bicyclic) bond motifs is 3. The van der Waals surface area contributed by atoms with E-state index in [1.165, 1.54) is 11.1 Å². The first-order valence-electron chi connectivity index (χ1n) is 9.39. The summed E-state index contributed by atoms with van der Waals surface area (Å²) in [4.78, 5) is 17.4. The number of rotatable bonds is 2. The van der Waals surface area contributed by atoms with Crippen molar-refractivity contribution in [3.8, 4) is 0 Å². The van der Waals surface area contributed by atoms with Crippen LogP contribution in [-0.2, 0) is 10.2 Å². The van der Waals surface area contributed by atoms with E-state index in [0.29, 0.717) is 12.3 Å². The lowest BCUT2D eigenvalue weighted by molar-refractivity contribution is -0.121. The van der Waals surface area contributed by atoms with Gasteiger partial charge in [0.15, 0.2) is 0 Å². The molecule has 0 spiro atoms. The van der Waals surface area contributed by atoms with Crippen molar-refractivity contribution in [1.82, 2.24) is 5.32 Å². The monoisotopic (exact) mass is 346 g/mol. The number of hydrogen-bond acceptors (Lipinski definition) is 2. The average molecular weight is 346 g/mol. The second-order valence-corrected chi connectivity index (χ2v) is 8.86. The molecule has 3 heteroatoms. The molecule has 3 nitrogen and oxygen atoms in total. The van der Waals surface area contributed by atoms with E-state index >= 15 is 0 Å². The predicted molar refractivity (Wildman–Crippen MR) is 106 cm³/mol. The summed E-state index contributed by atoms with van der Waals surface area (Å²) in [7, 11) is 0. The second kappa shape index (κ2) is 6.08. The van der Waals surface area contributed by atoms with Gasteiger partial charge in [0, 0.05) is 18.3 Å². The Morgan fingerprint density at radius 2 is 1.81 bits per heavy atom. The smallest absolute Gasteiger partial charge is 0.225 e. The van der Waals surface area contributed by atoms with E-state index in [9.17, 15) is 4.79 Å². The maximum Gasteiger partial charge on any atom is 0.225 e. The zero-order chi connectivity index (χ0) is 18.4. The lowest BCUT2D eigenvalue weighted by Crippen LogP contribution is -2.35. The molecule has 1 amide bonds. The van der Waals surface area contributed by atoms with E-state index in [-0.39, 0.29) is 16.7 Å². The van der Waals surface area contributed by atoms with Crippen LogP contribution < -0.4 is 5.32 Å². The van der Waals surface area contributed by atoms with Crippen LogP contribution in [0.5, 0.6) is 0 Å². The fourth-order valence-electron chi connectivity index (χ4n) is 4.23. The molecule has 2 unspecified atom stereocenters. The predicted octanol–water partition coefficient (Wildman–Crippen LogP) is 5.10. The Bertz CT molecular complexity index is 863. The molecule has 0 saturated heterocycles. The van der Waals surface area contributed by atoms with Crippen molar-refractivity contribution in [2.75, 3.05) is 0 Å². The summed E-state index contributed by atoms with van der Waals surface area (Å²) in [5, 5.41) is 3.12. The van der Waals surface area contributed by atoms with Crippen LogP contribution in [0, 0.1) is 5.41 Å². The summed E-state index contributed by atoms with van der Waals surface area (Å²) in [6.07, 6.45) is 2.39. The first kappa shape index (κ1) is 17.0. The minimum absolute atomic E-state index is 0.0352. The number of amidine groups is 1. The summed E-state index contributed by atoms with van der Waals surface area (Å²) < 4.78 is 0. The van der Waals surface area contributed by atoms with Crippen molar-refractivity contribution in [1.29, 1.82) is 0 Å². The van der Waals surface area contributed by atoms with Gasteiger partial charge in [-0.1, -0.05) is 69.3 Å². The molecule has 2 aromatic rings. The van der Waals surface area contributed by atoms with Crippen LogP contribution >= 0.6 is 0 Å². The lowest BCUT2D eigenvalue weighted by atomic mass is 9.87. The molecule has 134 valence electrons. The van der Waals surface area contributed by atoms with E-state index < -0.39 is 0 Å². The van der Waals surface area contributed by atoms with E-state index in [1.807, 2.05) is 6.07 Å². The van der Waals surface area contributed by atoms with Gasteiger partial charge in [-0.25, -0.2) is 4.99 Å². The first-order valence-corrected chi connectivity index (χ1v) is 9.39. The molecule has 4 rings (SSSR count). The first-order chi connectivity index (χ1) is 12.4. The molecule has 0 radical (unpaired) electrons. The van der Waals surface area contributed by atoms with Gasteiger partial charge in [0.25, 0.3) is 0 Å². The van der Waals surface area contributed by atoms with E-state index in [1.54, 1.807) is 0 Å². The highest BCUT2D eigenvalue weighted by molar-refractivity contribution is 6.01. The maximum atomic E-state index is 12.5. The number of carbonyl (C=O) groups excluding carboxylic acids is 1. The van der Waals surface area contributed by atoms with Gasteiger partial charge in [0.05, 0.1) is 5.69 Å². The Morgan fingerprint density at radius 1 is 1.12 bits per heavy atom. The van der Waals surface area contributed by atoms with Crippen molar-refractivity contribution >= 4 is 17.4 Å². The molecule has 2 aliphatic rings. The zero-order valence-corrected chi connectivity index (χ0v) is 15.8. The highest BCUT2D eigenvalue weighted by atomic mass is 16.1. The minimum atomic E-state index is -0.0352. The topological polar surface area (TPSA) is 41.5 Å². The minimum Gasteiger partial charge on any atom is -0.314 e. The summed E-state index contributed by atoms with van der Waals surface area (Å²) in [6.45, 7) is 6.25. The highest BCUT2D eigenvalue weighted by Gasteiger charge is 2.57. The number of nitrogens with one attached hydrogen (secondary N) is 1. The fraction of sp³-hybridized carbons (Fsp3) is 0.391. The van der Waals surface area contributed by atoms with Gasteiger partial charge >= 0.3 is 0 Å². The van der Waals surface area contributed by atoms with Gasteiger partial charge in [0.1, 0.15) is 5.84 Å². The highest BCUT2D eigenvalue weighted by Crippen LogP contribution is 2.65. The van der Waals surface area contributed by atoms with Crippen LogP contribution in [0.25, 0.3) is 0 Å². The molecule has 2 aromatic carbocycles. The maximum absolute atomic E-state index is 12.5. The second-order valence-electron chi connectivity index (χ2n) is 8.86. The van der Waals surface area contributed by atoms with Gasteiger partial charge in [-0.3, -0.25) is 4.79 Å². The largest absolute Gasteiger partial charge is 0.314 e. The van der Waals surface area contributed by atoms with Crippen LogP contribution in [0.3, 0.4) is 0 Å². The third-order valence-electron chi connectivity index (χ3n) is 5.45. The lowest BCUT2D eigenvalue weighted by Gasteiger charge is -2.20. The quantitative estimate of drug-likeness (QED) is 0.808. The number of nitrogens with zero attached hydrogens (tertiary/aromatic N) is 1. The number of para-hydroxylation sites is 1. The van der Waals surface area contributed by atoms with Crippen molar-refractivity contribution in [3.05, 3.63) is 65.7 Å². The number of carbonyl (C=O) groups is 1. The molecular formula is C23H26N2O. The number of amides is 1. The third-order valence-corrected chi connectivity index (χ3v) is 5.45. The van der Waals surface area contributed by atoms with Crippen LogP contribution in [0.4, 0.5) is 5.69 Å². The molecule has 1 N–H and O–H groups in total. The standard InChI is InChI=1S/C23H26N2O/c1-22(2,3)15-21(26)25-20-14-23(16-9-5-4-6-10-16)13-18(23)17-11-7-8-12-19(17)24-20/h4-12,18H,13-15H2,1-3H3,(H,24,25,26). The van der Waals surface area contributed by atoms with Gasteiger partial charge in [-0.05, 0) is 34.9 Å². The van der Waals surface area contributed by atoms with Gasteiger partial charge in [-0.15, -0.1) is 0 Å². The van der Waals surface area contributed by atoms with Crippen LogP contribution in [0.1, 0.15) is 57.1 Å². The Hall–Kier alpha value is -2.42. The summed E-state index contributed by atoms with van der Waals surface area (Å²) >= 11 is 0. The number of aliphatic imine (C=N–C) groups is 1. The van der Waals surface area contributed by atoms with Crippen molar-refractivity contribution in [3.63, 3.8) is 0 Å². The molecule has 1 aliphatic carbocycles. The van der Waals surface area contributed by atoms with Crippen LogP contribution in [-0.4, -0.2) is 11.7 Å². The van der Waals surface area contributed by atoms with Crippen LogP contribution in [0.15, 0.2) is 59.6 Å². The van der Waals surface area contributed by atoms with E-state index in [0.717, 1.165) is 24.4 Å². The molecule has 26 heavy (non-hydrogen) atoms. The summed E-state index contributed by atoms with van der Waals surface area (Å²) in [6, 6.07) is 19.0. The molecule has 1 saturated carbocycles. The van der Waals surface area contributed by atoms with Crippen molar-refractivity contribution in [2.45, 2.75) is 51.4 Å². The normalized spacial score (nSPS) is 24.0. The molecule has 0 aromatic heterocycles. The summed E-state index contributed by atoms with van der Waals surface area (Å²) in [5.41, 5.74) is 3.67.